The van der Waals surface area contributed by atoms with Gasteiger partial charge in [0.05, 0.1) is 18.9 Å². The largest absolute Gasteiger partial charge is 0.465 e. The van der Waals surface area contributed by atoms with Crippen LogP contribution in [0.25, 0.3) is 0 Å². The molecule has 0 saturated carbocycles. The Kier molecular flexibility index (Phi) is 6.91. The van der Waals surface area contributed by atoms with E-state index in [1.165, 1.54) is 13.3 Å². The van der Waals surface area contributed by atoms with Gasteiger partial charge < -0.3 is 14.9 Å². The Morgan fingerprint density at radius 2 is 1.88 bits per heavy atom. The van der Waals surface area contributed by atoms with Crippen molar-refractivity contribution < 1.29 is 19.2 Å². The first-order valence-corrected chi connectivity index (χ1v) is 8.23. The van der Waals surface area contributed by atoms with Crippen LogP contribution >= 0.6 is 0 Å². The molecule has 0 radical (unpaired) electrons. The van der Waals surface area contributed by atoms with Gasteiger partial charge in [-0.25, -0.2) is 4.79 Å². The zero-order chi connectivity index (χ0) is 18.9. The van der Waals surface area contributed by atoms with E-state index in [0.717, 1.165) is 16.8 Å². The van der Waals surface area contributed by atoms with Crippen molar-refractivity contribution in [3.63, 3.8) is 0 Å². The molecule has 0 heterocycles. The lowest BCUT2D eigenvalue weighted by atomic mass is 10.0. The van der Waals surface area contributed by atoms with E-state index in [9.17, 15) is 9.59 Å². The summed E-state index contributed by atoms with van der Waals surface area (Å²) in [6.07, 6.45) is 1.47. The zero-order valence-electron chi connectivity index (χ0n) is 15.1. The second-order valence-corrected chi connectivity index (χ2v) is 5.95. The number of nitrogens with one attached hydrogen (secondary N) is 1. The van der Waals surface area contributed by atoms with Crippen molar-refractivity contribution in [3.05, 3.63) is 65.2 Å². The van der Waals surface area contributed by atoms with E-state index in [4.69, 9.17) is 4.84 Å². The summed E-state index contributed by atoms with van der Waals surface area (Å²) in [6, 6.07) is 14.4. The van der Waals surface area contributed by atoms with Gasteiger partial charge in [-0.3, -0.25) is 4.79 Å². The molecule has 1 amide bonds. The molecule has 0 aliphatic carbocycles. The van der Waals surface area contributed by atoms with Gasteiger partial charge in [-0.1, -0.05) is 43.3 Å². The third-order valence-electron chi connectivity index (χ3n) is 3.64. The second-order valence-electron chi connectivity index (χ2n) is 5.95. The third-order valence-corrected chi connectivity index (χ3v) is 3.64. The number of oxime groups is 1. The molecular weight excluding hydrogens is 332 g/mol. The molecule has 1 N–H and O–H groups in total. The summed E-state index contributed by atoms with van der Waals surface area (Å²) in [6.45, 7) is 4.00. The van der Waals surface area contributed by atoms with Crippen molar-refractivity contribution in [2.75, 3.05) is 19.0 Å². The highest BCUT2D eigenvalue weighted by atomic mass is 16.6. The number of hydrogen-bond donors (Lipinski definition) is 1. The lowest BCUT2D eigenvalue weighted by Crippen LogP contribution is -2.17. The van der Waals surface area contributed by atoms with Crippen LogP contribution in [-0.2, 0) is 14.4 Å². The van der Waals surface area contributed by atoms with E-state index in [2.05, 4.69) is 29.1 Å². The molecular formula is C20H22N2O4. The van der Waals surface area contributed by atoms with Crippen LogP contribution in [0.1, 0.15) is 41.3 Å². The first kappa shape index (κ1) is 19.2. The molecule has 6 heteroatoms. The lowest BCUT2D eigenvalue weighted by Gasteiger charge is -2.09. The highest BCUT2D eigenvalue weighted by molar-refractivity contribution is 5.92. The minimum atomic E-state index is -0.400. The molecule has 6 nitrogen and oxygen atoms in total. The predicted octanol–water partition coefficient (Wildman–Crippen LogP) is 3.59. The van der Waals surface area contributed by atoms with Crippen LogP contribution in [0.5, 0.6) is 0 Å². The number of carbonyl (C=O) groups excluding carboxylic acids is 2. The quantitative estimate of drug-likeness (QED) is 0.468. The molecule has 0 atom stereocenters. The fourth-order valence-electron chi connectivity index (χ4n) is 2.19. The Balaban J connectivity index is 1.81. The minimum absolute atomic E-state index is 0.192. The molecule has 0 aromatic heterocycles. The molecule has 26 heavy (non-hydrogen) atoms. The van der Waals surface area contributed by atoms with Crippen LogP contribution < -0.4 is 5.32 Å². The summed E-state index contributed by atoms with van der Waals surface area (Å²) in [5, 5.41) is 6.53. The number of methoxy groups -OCH3 is 1. The first-order chi connectivity index (χ1) is 12.5. The number of ether oxygens (including phenoxy) is 1. The molecule has 0 saturated heterocycles. The summed E-state index contributed by atoms with van der Waals surface area (Å²) in [5.74, 6) is -0.301. The first-order valence-electron chi connectivity index (χ1n) is 8.23. The summed E-state index contributed by atoms with van der Waals surface area (Å²) < 4.78 is 4.63. The molecule has 0 bridgehead atoms. The topological polar surface area (TPSA) is 77.0 Å². The number of esters is 1. The number of amides is 1. The number of rotatable bonds is 7. The Hall–Kier alpha value is -3.15. The SMILES string of the molecule is COC(=O)c1ccc(/C=N/OCC(=O)Nc2cccc(C(C)C)c2)cc1. The van der Waals surface area contributed by atoms with E-state index < -0.39 is 5.97 Å². The van der Waals surface area contributed by atoms with Gasteiger partial charge in [-0.2, -0.15) is 0 Å². The monoisotopic (exact) mass is 354 g/mol. The Morgan fingerprint density at radius 3 is 2.54 bits per heavy atom. The summed E-state index contributed by atoms with van der Waals surface area (Å²) in [5.41, 5.74) is 3.07. The molecule has 0 aliphatic heterocycles. The van der Waals surface area contributed by atoms with E-state index in [1.54, 1.807) is 24.3 Å². The fraction of sp³-hybridized carbons (Fsp3) is 0.250. The van der Waals surface area contributed by atoms with Crippen molar-refractivity contribution in [2.45, 2.75) is 19.8 Å². The average Bonchev–Trinajstić information content (AvgIpc) is 2.65. The maximum Gasteiger partial charge on any atom is 0.337 e. The summed E-state index contributed by atoms with van der Waals surface area (Å²) in [4.78, 5) is 28.3. The fourth-order valence-corrected chi connectivity index (χ4v) is 2.19. The van der Waals surface area contributed by atoms with Crippen LogP contribution in [0.4, 0.5) is 5.69 Å². The number of hydrogen-bond acceptors (Lipinski definition) is 5. The van der Waals surface area contributed by atoms with Gasteiger partial charge in [0.1, 0.15) is 0 Å². The summed E-state index contributed by atoms with van der Waals surface area (Å²) in [7, 11) is 1.33. The van der Waals surface area contributed by atoms with Crippen LogP contribution in [-0.4, -0.2) is 31.8 Å². The maximum atomic E-state index is 11.9. The lowest BCUT2D eigenvalue weighted by molar-refractivity contribution is -0.120. The smallest absolute Gasteiger partial charge is 0.337 e. The third kappa shape index (κ3) is 5.73. The van der Waals surface area contributed by atoms with E-state index in [-0.39, 0.29) is 12.5 Å². The molecule has 2 aromatic carbocycles. The minimum Gasteiger partial charge on any atom is -0.465 e. The summed E-state index contributed by atoms with van der Waals surface area (Å²) >= 11 is 0. The van der Waals surface area contributed by atoms with E-state index >= 15 is 0 Å². The van der Waals surface area contributed by atoms with Gasteiger partial charge in [0, 0.05) is 5.69 Å². The van der Waals surface area contributed by atoms with E-state index in [0.29, 0.717) is 11.5 Å². The van der Waals surface area contributed by atoms with Crippen LogP contribution in [0.3, 0.4) is 0 Å². The van der Waals surface area contributed by atoms with Crippen molar-refractivity contribution >= 4 is 23.8 Å². The Bertz CT molecular complexity index is 783. The number of anilines is 1. The highest BCUT2D eigenvalue weighted by Gasteiger charge is 2.05. The van der Waals surface area contributed by atoms with Gasteiger partial charge >= 0.3 is 5.97 Å². The van der Waals surface area contributed by atoms with Crippen molar-refractivity contribution in [2.24, 2.45) is 5.16 Å². The molecule has 0 spiro atoms. The van der Waals surface area contributed by atoms with Crippen molar-refractivity contribution in [3.8, 4) is 0 Å². The molecule has 136 valence electrons. The molecule has 0 aliphatic rings. The number of carbonyl (C=O) groups is 2. The van der Waals surface area contributed by atoms with Crippen LogP contribution in [0.2, 0.25) is 0 Å². The van der Waals surface area contributed by atoms with Crippen LogP contribution in [0.15, 0.2) is 53.7 Å². The van der Waals surface area contributed by atoms with E-state index in [1.807, 2.05) is 24.3 Å². The molecule has 0 fully saturated rings. The highest BCUT2D eigenvalue weighted by Crippen LogP contribution is 2.18. The normalized spacial score (nSPS) is 10.8. The number of nitrogens with zero attached hydrogens (tertiary/aromatic N) is 1. The van der Waals surface area contributed by atoms with Gasteiger partial charge in [-0.05, 0) is 41.3 Å². The Labute approximate surface area is 152 Å². The molecule has 2 rings (SSSR count). The van der Waals surface area contributed by atoms with Crippen LogP contribution in [0, 0.1) is 0 Å². The van der Waals surface area contributed by atoms with Gasteiger partial charge in [-0.15, -0.1) is 0 Å². The van der Waals surface area contributed by atoms with Gasteiger partial charge in [0.2, 0.25) is 0 Å². The van der Waals surface area contributed by atoms with Gasteiger partial charge in [0.25, 0.3) is 5.91 Å². The van der Waals surface area contributed by atoms with Crippen molar-refractivity contribution in [1.82, 2.24) is 0 Å². The Morgan fingerprint density at radius 1 is 1.15 bits per heavy atom. The zero-order valence-corrected chi connectivity index (χ0v) is 15.1. The standard InChI is InChI=1S/C20H22N2O4/c1-14(2)17-5-4-6-18(11-17)22-19(23)13-26-21-12-15-7-9-16(10-8-15)20(24)25-3/h4-12,14H,13H2,1-3H3,(H,22,23)/b21-12+. The average molecular weight is 354 g/mol. The maximum absolute atomic E-state index is 11.9. The molecule has 2 aromatic rings. The molecule has 0 unspecified atom stereocenters. The number of benzene rings is 2. The van der Waals surface area contributed by atoms with Crippen molar-refractivity contribution in [1.29, 1.82) is 0 Å². The second kappa shape index (κ2) is 9.36. The predicted molar refractivity (Wildman–Crippen MR) is 100 cm³/mol. The van der Waals surface area contributed by atoms with Gasteiger partial charge in [0.15, 0.2) is 6.61 Å².